The van der Waals surface area contributed by atoms with Crippen molar-refractivity contribution in [2.24, 2.45) is 5.92 Å². The Morgan fingerprint density at radius 1 is 1.00 bits per heavy atom. The van der Waals surface area contributed by atoms with Gasteiger partial charge in [0, 0.05) is 0 Å². The summed E-state index contributed by atoms with van der Waals surface area (Å²) in [7, 11) is 0. The van der Waals surface area contributed by atoms with Crippen molar-refractivity contribution in [1.82, 2.24) is 0 Å². The first-order chi connectivity index (χ1) is 8.11. The van der Waals surface area contributed by atoms with Crippen molar-refractivity contribution in [1.29, 1.82) is 0 Å². The highest BCUT2D eigenvalue weighted by Gasteiger charge is 2.22. The first-order valence-corrected chi connectivity index (χ1v) is 5.88. The van der Waals surface area contributed by atoms with Crippen molar-refractivity contribution < 1.29 is 13.2 Å². The van der Waals surface area contributed by atoms with E-state index in [1.807, 2.05) is 6.08 Å². The number of halogens is 3. The zero-order valence-electron chi connectivity index (χ0n) is 9.56. The van der Waals surface area contributed by atoms with Crippen LogP contribution in [0.5, 0.6) is 0 Å². The average Bonchev–Trinajstić information content (AvgIpc) is 2.35. The predicted octanol–water partition coefficient (Wildman–Crippen LogP) is 4.56. The summed E-state index contributed by atoms with van der Waals surface area (Å²) in [5, 5.41) is 0. The summed E-state index contributed by atoms with van der Waals surface area (Å²) in [5.74, 6) is -2.93. The molecule has 92 valence electrons. The molecule has 0 radical (unpaired) electrons. The first-order valence-electron chi connectivity index (χ1n) is 5.88. The third-order valence-corrected chi connectivity index (χ3v) is 3.58. The van der Waals surface area contributed by atoms with Crippen molar-refractivity contribution in [2.75, 3.05) is 0 Å². The molecule has 0 spiro atoms. The van der Waals surface area contributed by atoms with Crippen molar-refractivity contribution in [3.05, 3.63) is 47.8 Å². The van der Waals surface area contributed by atoms with Gasteiger partial charge in [0.2, 0.25) is 0 Å². The lowest BCUT2D eigenvalue weighted by molar-refractivity contribution is 0.371. The van der Waals surface area contributed by atoms with E-state index in [-0.39, 0.29) is 5.92 Å². The molecule has 17 heavy (non-hydrogen) atoms. The van der Waals surface area contributed by atoms with E-state index in [0.29, 0.717) is 11.5 Å². The van der Waals surface area contributed by atoms with Gasteiger partial charge in [0.1, 0.15) is 0 Å². The lowest BCUT2D eigenvalue weighted by Gasteiger charge is -2.27. The first kappa shape index (κ1) is 12.2. The topological polar surface area (TPSA) is 0 Å². The molecule has 0 heterocycles. The Hall–Kier alpha value is -1.25. The Kier molecular flexibility index (Phi) is 3.55. The van der Waals surface area contributed by atoms with Gasteiger partial charge in [0.25, 0.3) is 0 Å². The average molecular weight is 240 g/mol. The lowest BCUT2D eigenvalue weighted by atomic mass is 9.79. The van der Waals surface area contributed by atoms with Crippen LogP contribution in [0, 0.1) is 23.4 Å². The number of hydrogen-bond acceptors (Lipinski definition) is 0. The van der Waals surface area contributed by atoms with Gasteiger partial charge < -0.3 is 0 Å². The largest absolute Gasteiger partial charge is 0.204 e. The van der Waals surface area contributed by atoms with Gasteiger partial charge in [-0.25, -0.2) is 13.2 Å². The van der Waals surface area contributed by atoms with Crippen LogP contribution in [0.3, 0.4) is 0 Å². The summed E-state index contributed by atoms with van der Waals surface area (Å²) in [6.07, 6.45) is 5.65. The number of rotatable bonds is 2. The molecule has 0 nitrogen and oxygen atoms in total. The molecule has 0 bridgehead atoms. The minimum Gasteiger partial charge on any atom is -0.204 e. The van der Waals surface area contributed by atoms with E-state index in [1.54, 1.807) is 0 Å². The predicted molar refractivity (Wildman–Crippen MR) is 61.2 cm³/mol. The molecule has 1 fully saturated rings. The highest BCUT2D eigenvalue weighted by molar-refractivity contribution is 5.23. The third kappa shape index (κ3) is 2.54. The number of benzene rings is 1. The summed E-state index contributed by atoms with van der Waals surface area (Å²) in [6.45, 7) is 3.75. The molecule has 1 saturated carbocycles. The van der Waals surface area contributed by atoms with Crippen LogP contribution < -0.4 is 0 Å². The normalized spacial score (nSPS) is 24.6. The maximum absolute atomic E-state index is 13.1. The second kappa shape index (κ2) is 4.94. The molecule has 0 amide bonds. The summed E-state index contributed by atoms with van der Waals surface area (Å²) >= 11 is 0. The molecule has 1 aromatic carbocycles. The van der Waals surface area contributed by atoms with Crippen LogP contribution in [0.4, 0.5) is 13.2 Å². The molecule has 3 heteroatoms. The van der Waals surface area contributed by atoms with E-state index in [9.17, 15) is 13.2 Å². The highest BCUT2D eigenvalue weighted by atomic mass is 19.2. The second-order valence-corrected chi connectivity index (χ2v) is 4.65. The SMILES string of the molecule is C=CC1CCC(c2cc(F)c(F)c(F)c2)CC1. The van der Waals surface area contributed by atoms with Crippen molar-refractivity contribution >= 4 is 0 Å². The van der Waals surface area contributed by atoms with Crippen molar-refractivity contribution in [3.8, 4) is 0 Å². The maximum Gasteiger partial charge on any atom is 0.194 e. The molecule has 1 aromatic rings. The van der Waals surface area contributed by atoms with E-state index >= 15 is 0 Å². The standard InChI is InChI=1S/C14H15F3/c1-2-9-3-5-10(6-4-9)11-7-12(15)14(17)13(16)8-11/h2,7-10H,1,3-6H2. The molecule has 0 N–H and O–H groups in total. The van der Waals surface area contributed by atoms with Gasteiger partial charge in [-0.2, -0.15) is 0 Å². The van der Waals surface area contributed by atoms with Crippen LogP contribution in [0.15, 0.2) is 24.8 Å². The van der Waals surface area contributed by atoms with Crippen LogP contribution in [0.1, 0.15) is 37.2 Å². The van der Waals surface area contributed by atoms with Crippen LogP contribution in [-0.2, 0) is 0 Å². The van der Waals surface area contributed by atoms with E-state index in [0.717, 1.165) is 37.8 Å². The molecular formula is C14H15F3. The number of hydrogen-bond donors (Lipinski definition) is 0. The fraction of sp³-hybridized carbons (Fsp3) is 0.429. The Balaban J connectivity index is 2.16. The summed E-state index contributed by atoms with van der Waals surface area (Å²) in [5.41, 5.74) is 0.573. The minimum atomic E-state index is -1.38. The Morgan fingerprint density at radius 3 is 2.00 bits per heavy atom. The summed E-state index contributed by atoms with van der Waals surface area (Å²) < 4.78 is 39.0. The molecule has 0 unspecified atom stereocenters. The summed E-state index contributed by atoms with van der Waals surface area (Å²) in [6, 6.07) is 2.24. The van der Waals surface area contributed by atoms with Gasteiger partial charge >= 0.3 is 0 Å². The quantitative estimate of drug-likeness (QED) is 0.525. The molecule has 0 aromatic heterocycles. The smallest absolute Gasteiger partial charge is 0.194 e. The fourth-order valence-electron chi connectivity index (χ4n) is 2.50. The molecule has 0 aliphatic heterocycles. The Labute approximate surface area is 99.2 Å². The molecule has 1 aliphatic rings. The zero-order valence-corrected chi connectivity index (χ0v) is 9.56. The molecule has 0 atom stereocenters. The van der Waals surface area contributed by atoms with Gasteiger partial charge in [-0.15, -0.1) is 6.58 Å². The van der Waals surface area contributed by atoms with Gasteiger partial charge in [0.05, 0.1) is 0 Å². The van der Waals surface area contributed by atoms with Crippen LogP contribution in [-0.4, -0.2) is 0 Å². The van der Waals surface area contributed by atoms with E-state index in [1.165, 1.54) is 0 Å². The lowest BCUT2D eigenvalue weighted by Crippen LogP contribution is -2.12. The Bertz CT molecular complexity index is 394. The fourth-order valence-corrected chi connectivity index (χ4v) is 2.50. The Morgan fingerprint density at radius 2 is 1.53 bits per heavy atom. The van der Waals surface area contributed by atoms with Gasteiger partial charge in [-0.1, -0.05) is 6.08 Å². The monoisotopic (exact) mass is 240 g/mol. The van der Waals surface area contributed by atoms with Crippen molar-refractivity contribution in [2.45, 2.75) is 31.6 Å². The van der Waals surface area contributed by atoms with E-state index in [4.69, 9.17) is 0 Å². The maximum atomic E-state index is 13.1. The van der Waals surface area contributed by atoms with Gasteiger partial charge in [-0.05, 0) is 55.2 Å². The van der Waals surface area contributed by atoms with Crippen LogP contribution in [0.25, 0.3) is 0 Å². The van der Waals surface area contributed by atoms with Crippen LogP contribution in [0.2, 0.25) is 0 Å². The minimum absolute atomic E-state index is 0.135. The summed E-state index contributed by atoms with van der Waals surface area (Å²) in [4.78, 5) is 0. The highest BCUT2D eigenvalue weighted by Crippen LogP contribution is 2.36. The number of allylic oxidation sites excluding steroid dienone is 1. The zero-order chi connectivity index (χ0) is 12.4. The van der Waals surface area contributed by atoms with Crippen molar-refractivity contribution in [3.63, 3.8) is 0 Å². The molecule has 1 aliphatic carbocycles. The van der Waals surface area contributed by atoms with Gasteiger partial charge in [0.15, 0.2) is 17.5 Å². The van der Waals surface area contributed by atoms with Gasteiger partial charge in [-0.3, -0.25) is 0 Å². The molecule has 2 rings (SSSR count). The van der Waals surface area contributed by atoms with E-state index in [2.05, 4.69) is 6.58 Å². The third-order valence-electron chi connectivity index (χ3n) is 3.58. The molecular weight excluding hydrogens is 225 g/mol. The van der Waals surface area contributed by atoms with Crippen LogP contribution >= 0.6 is 0 Å². The second-order valence-electron chi connectivity index (χ2n) is 4.65. The van der Waals surface area contributed by atoms with E-state index < -0.39 is 17.5 Å². The molecule has 0 saturated heterocycles.